The van der Waals surface area contributed by atoms with Crippen LogP contribution in [0, 0.1) is 0 Å². The maximum Gasteiger partial charge on any atom is 0.115 e. The summed E-state index contributed by atoms with van der Waals surface area (Å²) in [6, 6.07) is 6.28. The van der Waals surface area contributed by atoms with E-state index in [9.17, 15) is 5.11 Å². The van der Waals surface area contributed by atoms with Crippen LogP contribution in [0.4, 0.5) is 0 Å². The van der Waals surface area contributed by atoms with Crippen molar-refractivity contribution in [2.24, 2.45) is 0 Å². The van der Waals surface area contributed by atoms with Crippen LogP contribution in [0.25, 0.3) is 0 Å². The molecule has 1 fully saturated rings. The first kappa shape index (κ1) is 12.9. The van der Waals surface area contributed by atoms with E-state index in [1.807, 2.05) is 12.1 Å². The molecular formula is C16H24N2O. The van der Waals surface area contributed by atoms with Crippen molar-refractivity contribution >= 4 is 0 Å². The minimum absolute atomic E-state index is 0.0965. The van der Waals surface area contributed by atoms with Gasteiger partial charge in [-0.25, -0.2) is 0 Å². The quantitative estimate of drug-likeness (QED) is 0.777. The molecule has 1 aromatic rings. The van der Waals surface area contributed by atoms with E-state index < -0.39 is 0 Å². The van der Waals surface area contributed by atoms with Crippen LogP contribution in [0.1, 0.15) is 44.9 Å². The van der Waals surface area contributed by atoms with Crippen LogP contribution < -0.4 is 0 Å². The summed E-state index contributed by atoms with van der Waals surface area (Å²) in [5, 5.41) is 9.69. The van der Waals surface area contributed by atoms with Gasteiger partial charge in [-0.05, 0) is 58.0 Å². The maximum absolute atomic E-state index is 9.69. The van der Waals surface area contributed by atoms with E-state index in [4.69, 9.17) is 0 Å². The van der Waals surface area contributed by atoms with Crippen molar-refractivity contribution in [3.63, 3.8) is 0 Å². The summed E-state index contributed by atoms with van der Waals surface area (Å²) >= 11 is 0. The van der Waals surface area contributed by atoms with Gasteiger partial charge in [-0.1, -0.05) is 6.07 Å². The summed E-state index contributed by atoms with van der Waals surface area (Å²) in [4.78, 5) is 5.06. The first-order chi connectivity index (χ1) is 8.75. The van der Waals surface area contributed by atoms with Crippen molar-refractivity contribution in [2.75, 3.05) is 13.6 Å². The van der Waals surface area contributed by atoms with E-state index in [1.165, 1.54) is 11.1 Å². The van der Waals surface area contributed by atoms with Crippen LogP contribution in [-0.4, -0.2) is 39.6 Å². The number of phenolic OH excluding ortho intramolecular Hbond substituents is 1. The number of likely N-dealkylation sites (N-methyl/N-ethyl adjacent to an activating group) is 1. The molecule has 1 N–H and O–H groups in total. The molecule has 2 aliphatic rings. The van der Waals surface area contributed by atoms with E-state index >= 15 is 0 Å². The molecule has 1 aromatic carbocycles. The van der Waals surface area contributed by atoms with Gasteiger partial charge in [0.15, 0.2) is 0 Å². The molecule has 0 aliphatic carbocycles. The number of rotatable bonds is 0. The molecule has 1 atom stereocenters. The van der Waals surface area contributed by atoms with Crippen molar-refractivity contribution in [3.8, 4) is 5.75 Å². The zero-order chi connectivity index (χ0) is 14.0. The first-order valence-corrected chi connectivity index (χ1v) is 7.05. The summed E-state index contributed by atoms with van der Waals surface area (Å²) in [5.41, 5.74) is 2.89. The van der Waals surface area contributed by atoms with Crippen LogP contribution in [0.3, 0.4) is 0 Å². The van der Waals surface area contributed by atoms with Gasteiger partial charge in [0.05, 0.1) is 0 Å². The van der Waals surface area contributed by atoms with Crippen LogP contribution in [0.2, 0.25) is 0 Å². The Hall–Kier alpha value is -1.06. The Balaban J connectivity index is 2.07. The monoisotopic (exact) mass is 260 g/mol. The third-order valence-corrected chi connectivity index (χ3v) is 5.82. The van der Waals surface area contributed by atoms with Crippen LogP contribution >= 0.6 is 0 Å². The highest BCUT2D eigenvalue weighted by Gasteiger charge is 2.53. The number of hydrogen-bond acceptors (Lipinski definition) is 3. The Kier molecular flexibility index (Phi) is 2.55. The Labute approximate surface area is 115 Å². The maximum atomic E-state index is 9.69. The van der Waals surface area contributed by atoms with Gasteiger partial charge < -0.3 is 5.11 Å². The Morgan fingerprint density at radius 3 is 2.53 bits per heavy atom. The second kappa shape index (κ2) is 3.74. The number of hydrogen-bond donors (Lipinski definition) is 1. The Morgan fingerprint density at radius 1 is 1.16 bits per heavy atom. The zero-order valence-corrected chi connectivity index (χ0v) is 12.6. The lowest BCUT2D eigenvalue weighted by atomic mass is 9.76. The molecular weight excluding hydrogens is 236 g/mol. The highest BCUT2D eigenvalue weighted by molar-refractivity contribution is 5.41. The average Bonchev–Trinajstić information content (AvgIpc) is 2.66. The fourth-order valence-electron chi connectivity index (χ4n) is 3.61. The average molecular weight is 260 g/mol. The second-order valence-electron chi connectivity index (χ2n) is 7.03. The van der Waals surface area contributed by atoms with Crippen molar-refractivity contribution in [1.82, 2.24) is 9.80 Å². The van der Waals surface area contributed by atoms with Crippen LogP contribution in [0.15, 0.2) is 18.2 Å². The van der Waals surface area contributed by atoms with Gasteiger partial charge in [0.25, 0.3) is 0 Å². The van der Waals surface area contributed by atoms with Crippen molar-refractivity contribution < 1.29 is 5.11 Å². The number of piperazine rings is 1. The molecule has 0 bridgehead atoms. The summed E-state index contributed by atoms with van der Waals surface area (Å²) in [6.07, 6.45) is 0. The van der Waals surface area contributed by atoms with E-state index in [0.717, 1.165) is 13.1 Å². The second-order valence-corrected chi connectivity index (χ2v) is 7.03. The van der Waals surface area contributed by atoms with E-state index in [1.54, 1.807) is 0 Å². The van der Waals surface area contributed by atoms with Crippen LogP contribution in [0.5, 0.6) is 5.75 Å². The van der Waals surface area contributed by atoms with E-state index in [-0.39, 0.29) is 11.1 Å². The minimum Gasteiger partial charge on any atom is -0.508 e. The number of phenols is 1. The SMILES string of the molecule is CN1CC2c3ccc(O)cc3CN2C(C)(C)C1(C)C. The fourth-order valence-corrected chi connectivity index (χ4v) is 3.61. The highest BCUT2D eigenvalue weighted by atomic mass is 16.3. The number of benzene rings is 1. The van der Waals surface area contributed by atoms with Crippen molar-refractivity contribution in [3.05, 3.63) is 29.3 Å². The first-order valence-electron chi connectivity index (χ1n) is 7.05. The lowest BCUT2D eigenvalue weighted by molar-refractivity contribution is -0.101. The fraction of sp³-hybridized carbons (Fsp3) is 0.625. The van der Waals surface area contributed by atoms with Crippen molar-refractivity contribution in [1.29, 1.82) is 0 Å². The smallest absolute Gasteiger partial charge is 0.115 e. The van der Waals surface area contributed by atoms with Gasteiger partial charge in [-0.3, -0.25) is 9.80 Å². The number of aromatic hydroxyl groups is 1. The molecule has 0 spiro atoms. The van der Waals surface area contributed by atoms with Gasteiger partial charge in [0, 0.05) is 30.2 Å². The summed E-state index contributed by atoms with van der Waals surface area (Å²) in [6.45, 7) is 11.3. The van der Waals surface area contributed by atoms with Gasteiger partial charge in [0.1, 0.15) is 5.75 Å². The molecule has 3 rings (SSSR count). The molecule has 3 heteroatoms. The summed E-state index contributed by atoms with van der Waals surface area (Å²) in [5.74, 6) is 0.379. The zero-order valence-electron chi connectivity index (χ0n) is 12.6. The molecule has 104 valence electrons. The topological polar surface area (TPSA) is 26.7 Å². The predicted molar refractivity (Wildman–Crippen MR) is 77.2 cm³/mol. The molecule has 19 heavy (non-hydrogen) atoms. The predicted octanol–water partition coefficient (Wildman–Crippen LogP) is 2.75. The highest BCUT2D eigenvalue weighted by Crippen LogP contribution is 2.48. The largest absolute Gasteiger partial charge is 0.508 e. The third-order valence-electron chi connectivity index (χ3n) is 5.82. The molecule has 1 saturated heterocycles. The lowest BCUT2D eigenvalue weighted by Gasteiger charge is -2.59. The molecule has 0 saturated carbocycles. The van der Waals surface area contributed by atoms with Gasteiger partial charge in [0.2, 0.25) is 0 Å². The van der Waals surface area contributed by atoms with Crippen molar-refractivity contribution in [2.45, 2.75) is 51.4 Å². The standard InChI is InChI=1S/C16H24N2O/c1-15(2)16(3,4)18-9-11-8-12(19)6-7-13(11)14(18)10-17(15)5/h6-8,14,19H,9-10H2,1-5H3. The molecule has 0 aromatic heterocycles. The molecule has 2 aliphatic heterocycles. The van der Waals surface area contributed by atoms with Gasteiger partial charge >= 0.3 is 0 Å². The molecule has 2 heterocycles. The van der Waals surface area contributed by atoms with Crippen LogP contribution in [-0.2, 0) is 6.54 Å². The third kappa shape index (κ3) is 1.58. The normalized spacial score (nSPS) is 29.0. The number of fused-ring (bicyclic) bond motifs is 3. The van der Waals surface area contributed by atoms with Gasteiger partial charge in [-0.2, -0.15) is 0 Å². The number of nitrogens with zero attached hydrogens (tertiary/aromatic N) is 2. The summed E-state index contributed by atoms with van der Waals surface area (Å²) in [7, 11) is 2.22. The molecule has 0 radical (unpaired) electrons. The lowest BCUT2D eigenvalue weighted by Crippen LogP contribution is -2.69. The molecule has 1 unspecified atom stereocenters. The van der Waals surface area contributed by atoms with E-state index in [0.29, 0.717) is 11.8 Å². The minimum atomic E-state index is 0.0965. The van der Waals surface area contributed by atoms with E-state index in [2.05, 4.69) is 50.6 Å². The Morgan fingerprint density at radius 2 is 1.84 bits per heavy atom. The molecule has 3 nitrogen and oxygen atoms in total. The van der Waals surface area contributed by atoms with Gasteiger partial charge in [-0.15, -0.1) is 0 Å². The molecule has 0 amide bonds. The summed E-state index contributed by atoms with van der Waals surface area (Å²) < 4.78 is 0. The Bertz CT molecular complexity index is 521.